The molecule has 1 aromatic carbocycles. The minimum absolute atomic E-state index is 0.0869. The van der Waals surface area contributed by atoms with E-state index in [-0.39, 0.29) is 23.9 Å². The average molecular weight is 389 g/mol. The van der Waals surface area contributed by atoms with E-state index in [2.05, 4.69) is 5.32 Å². The van der Waals surface area contributed by atoms with E-state index in [1.165, 1.54) is 28.4 Å². The number of nitrogens with zero attached hydrogens (tertiary/aromatic N) is 1. The summed E-state index contributed by atoms with van der Waals surface area (Å²) in [4.78, 5) is 14.5. The quantitative estimate of drug-likeness (QED) is 0.855. The van der Waals surface area contributed by atoms with Gasteiger partial charge >= 0.3 is 6.03 Å². The predicted molar refractivity (Wildman–Crippen MR) is 92.8 cm³/mol. The summed E-state index contributed by atoms with van der Waals surface area (Å²) < 4.78 is 37.7. The van der Waals surface area contributed by atoms with E-state index in [0.717, 1.165) is 10.9 Å². The maximum atomic E-state index is 13.2. The lowest BCUT2D eigenvalue weighted by Gasteiger charge is -2.32. The molecule has 9 heteroatoms. The summed E-state index contributed by atoms with van der Waals surface area (Å²) in [6.45, 7) is 0.203. The van der Waals surface area contributed by atoms with Crippen LogP contribution in [0, 0.1) is 5.82 Å². The Hall–Kier alpha value is -1.64. The summed E-state index contributed by atoms with van der Waals surface area (Å²) in [5, 5.41) is 3.62. The minimum atomic E-state index is -3.28. The third-order valence-electron chi connectivity index (χ3n) is 3.78. The van der Waals surface area contributed by atoms with Crippen molar-refractivity contribution in [1.82, 2.24) is 4.90 Å². The number of anilines is 1. The topological polar surface area (TPSA) is 66.5 Å². The number of sulfone groups is 1. The fourth-order valence-electron chi connectivity index (χ4n) is 2.49. The molecule has 1 fully saturated rings. The first kappa shape index (κ1) is 17.2. The van der Waals surface area contributed by atoms with Gasteiger partial charge in [-0.15, -0.1) is 11.3 Å². The number of nitrogens with one attached hydrogen (secondary N) is 1. The van der Waals surface area contributed by atoms with Crippen LogP contribution < -0.4 is 5.32 Å². The molecule has 0 spiro atoms. The summed E-state index contributed by atoms with van der Waals surface area (Å²) in [5.74, 6) is -0.663. The van der Waals surface area contributed by atoms with Gasteiger partial charge in [0.2, 0.25) is 0 Å². The van der Waals surface area contributed by atoms with Crippen molar-refractivity contribution in [2.24, 2.45) is 0 Å². The molecule has 3 rings (SSSR count). The van der Waals surface area contributed by atoms with Crippen LogP contribution in [0.1, 0.15) is 10.1 Å². The van der Waals surface area contributed by atoms with Crippen LogP contribution in [0.25, 0.3) is 0 Å². The maximum absolute atomic E-state index is 13.2. The third kappa shape index (κ3) is 3.55. The number of hydrogen-bond donors (Lipinski definition) is 1. The number of carbonyl (C=O) groups excluding carboxylic acids is 1. The first-order chi connectivity index (χ1) is 11.4. The molecule has 5 nitrogen and oxygen atoms in total. The van der Waals surface area contributed by atoms with E-state index >= 15 is 0 Å². The number of amides is 2. The van der Waals surface area contributed by atoms with E-state index in [4.69, 9.17) is 11.6 Å². The maximum Gasteiger partial charge on any atom is 0.321 e. The number of halogens is 2. The van der Waals surface area contributed by atoms with Crippen molar-refractivity contribution >= 4 is 44.5 Å². The molecule has 0 bridgehead atoms. The Kier molecular flexibility index (Phi) is 4.80. The summed E-state index contributed by atoms with van der Waals surface area (Å²) in [7, 11) is -3.28. The summed E-state index contributed by atoms with van der Waals surface area (Å²) in [5.41, 5.74) is 0.354. The van der Waals surface area contributed by atoms with Crippen LogP contribution in [0.15, 0.2) is 35.7 Å². The highest BCUT2D eigenvalue weighted by Crippen LogP contribution is 2.31. The second kappa shape index (κ2) is 6.70. The zero-order valence-corrected chi connectivity index (χ0v) is 14.8. The van der Waals surface area contributed by atoms with Crippen LogP contribution in [-0.2, 0) is 9.84 Å². The van der Waals surface area contributed by atoms with Crippen LogP contribution in [0.2, 0.25) is 5.02 Å². The number of rotatable bonds is 2. The Morgan fingerprint density at radius 1 is 1.38 bits per heavy atom. The lowest BCUT2D eigenvalue weighted by molar-refractivity contribution is 0.212. The van der Waals surface area contributed by atoms with Crippen LogP contribution in [0.3, 0.4) is 0 Å². The molecule has 0 aliphatic carbocycles. The molecule has 1 aromatic heterocycles. The van der Waals surface area contributed by atoms with Gasteiger partial charge < -0.3 is 10.2 Å². The molecule has 2 amide bonds. The van der Waals surface area contributed by atoms with Crippen molar-refractivity contribution in [3.63, 3.8) is 0 Å². The van der Waals surface area contributed by atoms with Crippen molar-refractivity contribution in [1.29, 1.82) is 0 Å². The van der Waals surface area contributed by atoms with E-state index in [1.807, 2.05) is 5.38 Å². The van der Waals surface area contributed by atoms with Gasteiger partial charge in [0, 0.05) is 23.7 Å². The standard InChI is InChI=1S/C15H14ClFN2O3S2/c16-11-8-10(3-4-12(11)17)18-15(20)19-5-7-24(21,22)14(9-19)13-2-1-6-23-13/h1-4,6,8,14H,5,7,9H2,(H,18,20). The fraction of sp³-hybridized carbons (Fsp3) is 0.267. The molecule has 2 aromatic rings. The molecule has 2 heterocycles. The van der Waals surface area contributed by atoms with Crippen LogP contribution >= 0.6 is 22.9 Å². The Labute approximate surface area is 148 Å². The van der Waals surface area contributed by atoms with Crippen molar-refractivity contribution in [3.8, 4) is 0 Å². The smallest absolute Gasteiger partial charge is 0.321 e. The van der Waals surface area contributed by atoms with Gasteiger partial charge in [0.15, 0.2) is 9.84 Å². The molecule has 24 heavy (non-hydrogen) atoms. The van der Waals surface area contributed by atoms with Gasteiger partial charge in [0.1, 0.15) is 11.1 Å². The molecule has 1 unspecified atom stereocenters. The molecule has 128 valence electrons. The van der Waals surface area contributed by atoms with E-state index in [9.17, 15) is 17.6 Å². The van der Waals surface area contributed by atoms with Gasteiger partial charge in [-0.2, -0.15) is 0 Å². The van der Waals surface area contributed by atoms with Gasteiger partial charge in [0.05, 0.1) is 10.8 Å². The summed E-state index contributed by atoms with van der Waals surface area (Å²) in [6.07, 6.45) is 0. The molecule has 1 aliphatic heterocycles. The zero-order valence-electron chi connectivity index (χ0n) is 12.4. The average Bonchev–Trinajstić information content (AvgIpc) is 3.04. The molecule has 1 atom stereocenters. The Morgan fingerprint density at radius 3 is 2.83 bits per heavy atom. The lowest BCUT2D eigenvalue weighted by atomic mass is 10.3. The highest BCUT2D eigenvalue weighted by molar-refractivity contribution is 7.91. The molecule has 1 N–H and O–H groups in total. The molecule has 1 aliphatic rings. The summed E-state index contributed by atoms with van der Waals surface area (Å²) in [6, 6.07) is 6.98. The van der Waals surface area contributed by atoms with Gasteiger partial charge in [-0.3, -0.25) is 0 Å². The van der Waals surface area contributed by atoms with Crippen molar-refractivity contribution in [2.45, 2.75) is 5.25 Å². The number of thiophene rings is 1. The Morgan fingerprint density at radius 2 is 2.17 bits per heavy atom. The van der Waals surface area contributed by atoms with Gasteiger partial charge in [-0.25, -0.2) is 17.6 Å². The fourth-order valence-corrected chi connectivity index (χ4v) is 5.57. The second-order valence-corrected chi connectivity index (χ2v) is 9.07. The highest BCUT2D eigenvalue weighted by Gasteiger charge is 2.36. The van der Waals surface area contributed by atoms with Gasteiger partial charge in [-0.1, -0.05) is 17.7 Å². The van der Waals surface area contributed by atoms with E-state index < -0.39 is 26.9 Å². The van der Waals surface area contributed by atoms with Crippen LogP contribution in [0.4, 0.5) is 14.9 Å². The van der Waals surface area contributed by atoms with Gasteiger partial charge in [-0.05, 0) is 29.6 Å². The second-order valence-electron chi connectivity index (χ2n) is 5.38. The Bertz CT molecular complexity index is 856. The highest BCUT2D eigenvalue weighted by atomic mass is 35.5. The van der Waals surface area contributed by atoms with E-state index in [0.29, 0.717) is 5.69 Å². The molecular formula is C15H14ClFN2O3S2. The largest absolute Gasteiger partial charge is 0.322 e. The van der Waals surface area contributed by atoms with Crippen LogP contribution in [-0.4, -0.2) is 38.2 Å². The first-order valence-electron chi connectivity index (χ1n) is 7.13. The SMILES string of the molecule is O=C(Nc1ccc(F)c(Cl)c1)N1CCS(=O)(=O)C(c2cccs2)C1. The third-order valence-corrected chi connectivity index (χ3v) is 7.23. The number of hydrogen-bond acceptors (Lipinski definition) is 4. The van der Waals surface area contributed by atoms with Crippen LogP contribution in [0.5, 0.6) is 0 Å². The monoisotopic (exact) mass is 388 g/mol. The van der Waals surface area contributed by atoms with Crippen molar-refractivity contribution < 1.29 is 17.6 Å². The van der Waals surface area contributed by atoms with E-state index in [1.54, 1.807) is 12.1 Å². The molecule has 0 saturated carbocycles. The molecule has 1 saturated heterocycles. The number of benzene rings is 1. The van der Waals surface area contributed by atoms with Crippen molar-refractivity contribution in [3.05, 3.63) is 51.4 Å². The molecule has 0 radical (unpaired) electrons. The number of urea groups is 1. The zero-order chi connectivity index (χ0) is 17.3. The van der Waals surface area contributed by atoms with Crippen molar-refractivity contribution in [2.75, 3.05) is 24.2 Å². The first-order valence-corrected chi connectivity index (χ1v) is 10.1. The minimum Gasteiger partial charge on any atom is -0.322 e. The van der Waals surface area contributed by atoms with Gasteiger partial charge in [0.25, 0.3) is 0 Å². The molecular weight excluding hydrogens is 375 g/mol. The lowest BCUT2D eigenvalue weighted by Crippen LogP contribution is -2.47. The Balaban J connectivity index is 1.75. The normalized spacial score (nSPS) is 19.9. The summed E-state index contributed by atoms with van der Waals surface area (Å²) >= 11 is 7.05. The number of carbonyl (C=O) groups is 1. The predicted octanol–water partition coefficient (Wildman–Crippen LogP) is 3.54.